The van der Waals surface area contributed by atoms with E-state index in [4.69, 9.17) is 5.11 Å². The zero-order valence-electron chi connectivity index (χ0n) is 15.9. The fraction of sp³-hybridized carbons (Fsp3) is 0.286. The molecule has 9 nitrogen and oxygen atoms in total. The molecule has 0 radical (unpaired) electrons. The van der Waals surface area contributed by atoms with Crippen LogP contribution in [0.3, 0.4) is 0 Å². The first kappa shape index (κ1) is 19.6. The smallest absolute Gasteiger partial charge is 0.322 e. The van der Waals surface area contributed by atoms with Crippen LogP contribution in [0.2, 0.25) is 0 Å². The van der Waals surface area contributed by atoms with Crippen LogP contribution >= 0.6 is 0 Å². The van der Waals surface area contributed by atoms with Gasteiger partial charge in [0.15, 0.2) is 0 Å². The number of non-ortho nitro benzene ring substituents is 1. The van der Waals surface area contributed by atoms with Crippen LogP contribution in [0.15, 0.2) is 42.5 Å². The molecule has 154 valence electrons. The molecule has 2 amide bonds. The number of nitro groups is 1. The SMILES string of the molecule is O=C(O)CNC(=O)[C@@H]1Cc2cc(-c3cccc([N+](=O)[O-])c3)ccc2[C@H]2CCC(=O)N21. The largest absolute Gasteiger partial charge is 0.480 e. The van der Waals surface area contributed by atoms with Gasteiger partial charge in [-0.3, -0.25) is 24.5 Å². The van der Waals surface area contributed by atoms with Crippen LogP contribution in [0.5, 0.6) is 0 Å². The van der Waals surface area contributed by atoms with Gasteiger partial charge in [-0.05, 0) is 28.7 Å². The van der Waals surface area contributed by atoms with E-state index in [-0.39, 0.29) is 24.1 Å². The molecular formula is C21H19N3O6. The molecule has 0 spiro atoms. The Hall–Kier alpha value is -3.75. The fourth-order valence-electron chi connectivity index (χ4n) is 4.29. The number of benzene rings is 2. The number of carboxylic acid groups (broad SMARTS) is 1. The Bertz CT molecular complexity index is 1070. The highest BCUT2D eigenvalue weighted by atomic mass is 16.6. The Morgan fingerprint density at radius 2 is 1.97 bits per heavy atom. The highest BCUT2D eigenvalue weighted by Gasteiger charge is 2.44. The summed E-state index contributed by atoms with van der Waals surface area (Å²) in [5.41, 5.74) is 3.29. The summed E-state index contributed by atoms with van der Waals surface area (Å²) in [5, 5.41) is 22.3. The molecule has 0 bridgehead atoms. The molecule has 2 aromatic rings. The first-order valence-corrected chi connectivity index (χ1v) is 9.53. The Morgan fingerprint density at radius 3 is 2.70 bits per heavy atom. The van der Waals surface area contributed by atoms with Crippen molar-refractivity contribution in [1.82, 2.24) is 10.2 Å². The fourth-order valence-corrected chi connectivity index (χ4v) is 4.29. The van der Waals surface area contributed by atoms with Crippen molar-refractivity contribution in [2.24, 2.45) is 0 Å². The summed E-state index contributed by atoms with van der Waals surface area (Å²) in [6.07, 6.45) is 1.18. The number of carbonyl (C=O) groups is 3. The number of carbonyl (C=O) groups excluding carboxylic acids is 2. The number of carboxylic acids is 1. The maximum absolute atomic E-state index is 12.6. The lowest BCUT2D eigenvalue weighted by Gasteiger charge is -2.38. The molecular weight excluding hydrogens is 390 g/mol. The van der Waals surface area contributed by atoms with Crippen LogP contribution in [0, 0.1) is 10.1 Å². The number of hydrogen-bond acceptors (Lipinski definition) is 5. The molecule has 0 unspecified atom stereocenters. The second-order valence-electron chi connectivity index (χ2n) is 7.41. The molecule has 0 aromatic heterocycles. The van der Waals surface area contributed by atoms with Gasteiger partial charge in [0.2, 0.25) is 11.8 Å². The van der Waals surface area contributed by atoms with Gasteiger partial charge in [0.25, 0.3) is 5.69 Å². The number of aliphatic carboxylic acids is 1. The predicted octanol–water partition coefficient (Wildman–Crippen LogP) is 2.05. The van der Waals surface area contributed by atoms with E-state index in [0.717, 1.165) is 16.7 Å². The van der Waals surface area contributed by atoms with Gasteiger partial charge >= 0.3 is 5.97 Å². The van der Waals surface area contributed by atoms with Crippen molar-refractivity contribution in [3.05, 3.63) is 63.7 Å². The van der Waals surface area contributed by atoms with Gasteiger partial charge in [-0.2, -0.15) is 0 Å². The van der Waals surface area contributed by atoms with Crippen LogP contribution < -0.4 is 5.32 Å². The summed E-state index contributed by atoms with van der Waals surface area (Å²) in [4.78, 5) is 48.1. The minimum absolute atomic E-state index is 0.0105. The summed E-state index contributed by atoms with van der Waals surface area (Å²) >= 11 is 0. The quantitative estimate of drug-likeness (QED) is 0.574. The van der Waals surface area contributed by atoms with E-state index in [1.165, 1.54) is 12.1 Å². The van der Waals surface area contributed by atoms with Crippen molar-refractivity contribution >= 4 is 23.5 Å². The lowest BCUT2D eigenvalue weighted by Crippen LogP contribution is -2.52. The molecule has 1 saturated heterocycles. The highest BCUT2D eigenvalue weighted by molar-refractivity contribution is 5.91. The van der Waals surface area contributed by atoms with Crippen LogP contribution in [-0.2, 0) is 20.8 Å². The summed E-state index contributed by atoms with van der Waals surface area (Å²) in [5.74, 6) is -1.77. The minimum Gasteiger partial charge on any atom is -0.480 e. The van der Waals surface area contributed by atoms with Gasteiger partial charge in [0.05, 0.1) is 11.0 Å². The topological polar surface area (TPSA) is 130 Å². The zero-order chi connectivity index (χ0) is 21.4. The van der Waals surface area contributed by atoms with Crippen LogP contribution in [0.1, 0.15) is 30.0 Å². The third-order valence-corrected chi connectivity index (χ3v) is 5.61. The Balaban J connectivity index is 1.70. The van der Waals surface area contributed by atoms with Crippen molar-refractivity contribution < 1.29 is 24.4 Å². The van der Waals surface area contributed by atoms with Crippen LogP contribution in [-0.4, -0.2) is 45.3 Å². The van der Waals surface area contributed by atoms with Crippen molar-refractivity contribution in [2.45, 2.75) is 31.3 Å². The Kier molecular flexibility index (Phi) is 4.94. The highest BCUT2D eigenvalue weighted by Crippen LogP contribution is 2.42. The number of nitrogens with one attached hydrogen (secondary N) is 1. The van der Waals surface area contributed by atoms with E-state index >= 15 is 0 Å². The van der Waals surface area contributed by atoms with Gasteiger partial charge in [-0.15, -0.1) is 0 Å². The van der Waals surface area contributed by atoms with Gasteiger partial charge in [-0.25, -0.2) is 0 Å². The lowest BCUT2D eigenvalue weighted by molar-refractivity contribution is -0.384. The summed E-state index contributed by atoms with van der Waals surface area (Å²) in [6.45, 7) is -0.511. The molecule has 9 heteroatoms. The van der Waals surface area contributed by atoms with E-state index in [1.807, 2.05) is 18.2 Å². The predicted molar refractivity (Wildman–Crippen MR) is 105 cm³/mol. The lowest BCUT2D eigenvalue weighted by atomic mass is 9.86. The first-order chi connectivity index (χ1) is 14.3. The maximum Gasteiger partial charge on any atom is 0.322 e. The Morgan fingerprint density at radius 1 is 1.20 bits per heavy atom. The summed E-state index contributed by atoms with van der Waals surface area (Å²) in [6, 6.07) is 11.0. The van der Waals surface area contributed by atoms with E-state index < -0.39 is 29.4 Å². The van der Waals surface area contributed by atoms with E-state index in [2.05, 4.69) is 5.32 Å². The van der Waals surface area contributed by atoms with Gasteiger partial charge in [0, 0.05) is 25.0 Å². The monoisotopic (exact) mass is 409 g/mol. The van der Waals surface area contributed by atoms with Gasteiger partial charge in [0.1, 0.15) is 12.6 Å². The molecule has 2 heterocycles. The zero-order valence-corrected chi connectivity index (χ0v) is 15.9. The number of rotatable bonds is 5. The number of hydrogen-bond donors (Lipinski definition) is 2. The van der Waals surface area contributed by atoms with Crippen molar-refractivity contribution in [3.8, 4) is 11.1 Å². The Labute approximate surface area is 171 Å². The van der Waals surface area contributed by atoms with Crippen molar-refractivity contribution in [2.75, 3.05) is 6.54 Å². The number of amides is 2. The first-order valence-electron chi connectivity index (χ1n) is 9.53. The number of nitrogens with zero attached hydrogens (tertiary/aromatic N) is 2. The van der Waals surface area contributed by atoms with E-state index in [0.29, 0.717) is 18.4 Å². The normalized spacial score (nSPS) is 19.7. The number of nitro benzene ring substituents is 1. The molecule has 4 rings (SSSR count). The second-order valence-corrected chi connectivity index (χ2v) is 7.41. The molecule has 0 aliphatic carbocycles. The molecule has 2 aromatic carbocycles. The van der Waals surface area contributed by atoms with Crippen LogP contribution in [0.4, 0.5) is 5.69 Å². The summed E-state index contributed by atoms with van der Waals surface area (Å²) in [7, 11) is 0. The average Bonchev–Trinajstić information content (AvgIpc) is 3.13. The maximum atomic E-state index is 12.6. The molecule has 2 atom stereocenters. The molecule has 2 N–H and O–H groups in total. The van der Waals surface area contributed by atoms with Crippen molar-refractivity contribution in [3.63, 3.8) is 0 Å². The molecule has 2 aliphatic heterocycles. The molecule has 0 saturated carbocycles. The third-order valence-electron chi connectivity index (χ3n) is 5.61. The van der Waals surface area contributed by atoms with E-state index in [1.54, 1.807) is 17.0 Å². The van der Waals surface area contributed by atoms with Gasteiger partial charge < -0.3 is 15.3 Å². The van der Waals surface area contributed by atoms with Crippen LogP contribution in [0.25, 0.3) is 11.1 Å². The van der Waals surface area contributed by atoms with E-state index in [9.17, 15) is 24.5 Å². The molecule has 30 heavy (non-hydrogen) atoms. The molecule has 1 fully saturated rings. The second kappa shape index (κ2) is 7.58. The minimum atomic E-state index is -1.16. The number of fused-ring (bicyclic) bond motifs is 3. The average molecular weight is 409 g/mol. The molecule has 2 aliphatic rings. The standard InChI is InChI=1S/C21H19N3O6/c25-19-7-6-17-16-5-4-13(12-2-1-3-15(9-12)24(29)30)8-14(16)10-18(23(17)19)21(28)22-11-20(26)27/h1-5,8-9,17-18H,6-7,10-11H2,(H,22,28)(H,26,27)/t17-,18+/m1/s1. The van der Waals surface area contributed by atoms with Gasteiger partial charge in [-0.1, -0.05) is 30.3 Å². The van der Waals surface area contributed by atoms with Crippen molar-refractivity contribution in [1.29, 1.82) is 0 Å². The summed E-state index contributed by atoms with van der Waals surface area (Å²) < 4.78 is 0. The third kappa shape index (κ3) is 3.49.